The second-order valence-corrected chi connectivity index (χ2v) is 5.25. The Kier molecular flexibility index (Phi) is 4.28. The van der Waals surface area contributed by atoms with Gasteiger partial charge in [-0.15, -0.1) is 0 Å². The number of carbonyl (C=O) groups excluding carboxylic acids is 1. The minimum Gasteiger partial charge on any atom is -0.288 e. The molecule has 0 heterocycles. The van der Waals surface area contributed by atoms with Crippen molar-refractivity contribution in [3.8, 4) is 0 Å². The van der Waals surface area contributed by atoms with Crippen molar-refractivity contribution < 1.29 is 13.6 Å². The van der Waals surface area contributed by atoms with Crippen molar-refractivity contribution >= 4 is 5.78 Å². The predicted octanol–water partition coefficient (Wildman–Crippen LogP) is 4.39. The molecule has 0 aliphatic rings. The highest BCUT2D eigenvalue weighted by Gasteiger charge is 2.15. The molecule has 0 aromatic heterocycles. The maximum Gasteiger partial charge on any atom is 0.195 e. The normalized spacial score (nSPS) is 10.8. The first kappa shape index (κ1) is 14.4. The van der Waals surface area contributed by atoms with Gasteiger partial charge in [0.1, 0.15) is 11.6 Å². The molecule has 0 amide bonds. The van der Waals surface area contributed by atoms with E-state index in [1.54, 1.807) is 18.2 Å². The molecule has 0 fully saturated rings. The molecule has 0 saturated carbocycles. The summed E-state index contributed by atoms with van der Waals surface area (Å²) >= 11 is 0. The van der Waals surface area contributed by atoms with Crippen molar-refractivity contribution in [1.82, 2.24) is 0 Å². The van der Waals surface area contributed by atoms with Gasteiger partial charge in [-0.25, -0.2) is 8.78 Å². The molecule has 2 aromatic rings. The third-order valence-corrected chi connectivity index (χ3v) is 3.01. The number of hydrogen-bond acceptors (Lipinski definition) is 1. The van der Waals surface area contributed by atoms with Gasteiger partial charge in [-0.3, -0.25) is 4.79 Å². The van der Waals surface area contributed by atoms with Crippen LogP contribution in [-0.4, -0.2) is 5.78 Å². The van der Waals surface area contributed by atoms with Crippen LogP contribution in [0.2, 0.25) is 0 Å². The maximum atomic E-state index is 13.6. The average Bonchev–Trinajstić information content (AvgIpc) is 2.37. The topological polar surface area (TPSA) is 17.1 Å². The molecule has 0 bridgehead atoms. The zero-order chi connectivity index (χ0) is 14.7. The lowest BCUT2D eigenvalue weighted by Crippen LogP contribution is -2.06. The standard InChI is InChI=1S/C17H16F2O/c1-11(2)8-12-4-3-5-13(9-12)17(20)15-7-6-14(18)10-16(15)19/h3-7,9-11H,8H2,1-2H3. The summed E-state index contributed by atoms with van der Waals surface area (Å²) in [7, 11) is 0. The lowest BCUT2D eigenvalue weighted by molar-refractivity contribution is 0.103. The van der Waals surface area contributed by atoms with E-state index in [2.05, 4.69) is 13.8 Å². The molecule has 0 aliphatic carbocycles. The SMILES string of the molecule is CC(C)Cc1cccc(C(=O)c2ccc(F)cc2F)c1. The summed E-state index contributed by atoms with van der Waals surface area (Å²) in [6.45, 7) is 4.18. The van der Waals surface area contributed by atoms with E-state index in [4.69, 9.17) is 0 Å². The van der Waals surface area contributed by atoms with Crippen LogP contribution in [0.5, 0.6) is 0 Å². The molecular weight excluding hydrogens is 258 g/mol. The van der Waals surface area contributed by atoms with Crippen LogP contribution in [0.1, 0.15) is 35.3 Å². The third kappa shape index (κ3) is 3.29. The minimum atomic E-state index is -0.829. The molecule has 104 valence electrons. The van der Waals surface area contributed by atoms with Gasteiger partial charge in [0, 0.05) is 11.6 Å². The maximum absolute atomic E-state index is 13.6. The van der Waals surface area contributed by atoms with Crippen molar-refractivity contribution in [3.63, 3.8) is 0 Å². The Bertz CT molecular complexity index is 633. The van der Waals surface area contributed by atoms with Crippen molar-refractivity contribution in [1.29, 1.82) is 0 Å². The fraction of sp³-hybridized carbons (Fsp3) is 0.235. The van der Waals surface area contributed by atoms with Crippen LogP contribution in [0, 0.1) is 17.6 Å². The molecule has 0 spiro atoms. The van der Waals surface area contributed by atoms with Crippen LogP contribution in [0.25, 0.3) is 0 Å². The average molecular weight is 274 g/mol. The Hall–Kier alpha value is -2.03. The zero-order valence-corrected chi connectivity index (χ0v) is 11.5. The van der Waals surface area contributed by atoms with Crippen LogP contribution in [0.15, 0.2) is 42.5 Å². The summed E-state index contributed by atoms with van der Waals surface area (Å²) in [5.74, 6) is -1.46. The molecule has 2 aromatic carbocycles. The van der Waals surface area contributed by atoms with Gasteiger partial charge in [0.25, 0.3) is 0 Å². The van der Waals surface area contributed by atoms with Crippen LogP contribution >= 0.6 is 0 Å². The van der Waals surface area contributed by atoms with Crippen molar-refractivity contribution in [2.24, 2.45) is 5.92 Å². The van der Waals surface area contributed by atoms with Crippen LogP contribution in [-0.2, 0) is 6.42 Å². The summed E-state index contributed by atoms with van der Waals surface area (Å²) in [5.41, 5.74) is 1.36. The molecule has 1 nitrogen and oxygen atoms in total. The van der Waals surface area contributed by atoms with E-state index in [1.165, 1.54) is 6.07 Å². The van der Waals surface area contributed by atoms with Gasteiger partial charge in [-0.05, 0) is 36.1 Å². The first-order chi connectivity index (χ1) is 9.47. The van der Waals surface area contributed by atoms with Gasteiger partial charge >= 0.3 is 0 Å². The van der Waals surface area contributed by atoms with Gasteiger partial charge in [0.05, 0.1) is 5.56 Å². The van der Waals surface area contributed by atoms with Gasteiger partial charge in [-0.1, -0.05) is 32.0 Å². The molecule has 0 aliphatic heterocycles. The number of carbonyl (C=O) groups is 1. The Labute approximate surface area is 117 Å². The zero-order valence-electron chi connectivity index (χ0n) is 11.5. The summed E-state index contributed by atoms with van der Waals surface area (Å²) < 4.78 is 26.5. The van der Waals surface area contributed by atoms with Crippen LogP contribution < -0.4 is 0 Å². The van der Waals surface area contributed by atoms with Crippen molar-refractivity contribution in [2.75, 3.05) is 0 Å². The fourth-order valence-corrected chi connectivity index (χ4v) is 2.14. The van der Waals surface area contributed by atoms with E-state index in [0.29, 0.717) is 11.5 Å². The number of rotatable bonds is 4. The molecular formula is C17H16F2O. The fourth-order valence-electron chi connectivity index (χ4n) is 2.14. The van der Waals surface area contributed by atoms with E-state index in [9.17, 15) is 13.6 Å². The number of hydrogen-bond donors (Lipinski definition) is 0. The van der Waals surface area contributed by atoms with E-state index in [-0.39, 0.29) is 5.56 Å². The summed E-state index contributed by atoms with van der Waals surface area (Å²) in [4.78, 5) is 12.3. The summed E-state index contributed by atoms with van der Waals surface area (Å²) in [5, 5.41) is 0. The second kappa shape index (κ2) is 5.95. The van der Waals surface area contributed by atoms with Crippen molar-refractivity contribution in [2.45, 2.75) is 20.3 Å². The Morgan fingerprint density at radius 3 is 2.50 bits per heavy atom. The monoisotopic (exact) mass is 274 g/mol. The number of halogens is 2. The van der Waals surface area contributed by atoms with Crippen LogP contribution in [0.4, 0.5) is 8.78 Å². The second-order valence-electron chi connectivity index (χ2n) is 5.25. The molecule has 2 rings (SSSR count). The van der Waals surface area contributed by atoms with Crippen molar-refractivity contribution in [3.05, 3.63) is 70.8 Å². The van der Waals surface area contributed by atoms with Crippen LogP contribution in [0.3, 0.4) is 0 Å². The first-order valence-electron chi connectivity index (χ1n) is 6.56. The number of benzene rings is 2. The smallest absolute Gasteiger partial charge is 0.195 e. The Morgan fingerprint density at radius 1 is 1.10 bits per heavy atom. The van der Waals surface area contributed by atoms with E-state index < -0.39 is 17.4 Å². The van der Waals surface area contributed by atoms with E-state index >= 15 is 0 Å². The molecule has 0 unspecified atom stereocenters. The lowest BCUT2D eigenvalue weighted by Gasteiger charge is -2.08. The third-order valence-electron chi connectivity index (χ3n) is 3.01. The first-order valence-corrected chi connectivity index (χ1v) is 6.56. The molecule has 0 atom stereocenters. The van der Waals surface area contributed by atoms with Gasteiger partial charge in [0.2, 0.25) is 0 Å². The minimum absolute atomic E-state index is 0.104. The molecule has 0 radical (unpaired) electrons. The summed E-state index contributed by atoms with van der Waals surface area (Å²) in [6, 6.07) is 10.1. The highest BCUT2D eigenvalue weighted by Crippen LogP contribution is 2.17. The Balaban J connectivity index is 2.33. The van der Waals surface area contributed by atoms with Gasteiger partial charge < -0.3 is 0 Å². The molecule has 3 heteroatoms. The van der Waals surface area contributed by atoms with Gasteiger partial charge in [-0.2, -0.15) is 0 Å². The molecule has 0 N–H and O–H groups in total. The van der Waals surface area contributed by atoms with E-state index in [0.717, 1.165) is 24.1 Å². The number of ketones is 1. The lowest BCUT2D eigenvalue weighted by atomic mass is 9.97. The molecule has 20 heavy (non-hydrogen) atoms. The highest BCUT2D eigenvalue weighted by molar-refractivity contribution is 6.09. The quantitative estimate of drug-likeness (QED) is 0.755. The summed E-state index contributed by atoms with van der Waals surface area (Å²) in [6.07, 6.45) is 0.854. The molecule has 0 saturated heterocycles. The van der Waals surface area contributed by atoms with E-state index in [1.807, 2.05) is 6.07 Å². The van der Waals surface area contributed by atoms with Gasteiger partial charge in [0.15, 0.2) is 5.78 Å². The predicted molar refractivity (Wildman–Crippen MR) is 74.8 cm³/mol. The highest BCUT2D eigenvalue weighted by atomic mass is 19.1. The largest absolute Gasteiger partial charge is 0.288 e. The Morgan fingerprint density at radius 2 is 1.85 bits per heavy atom.